The van der Waals surface area contributed by atoms with Crippen LogP contribution in [0.3, 0.4) is 0 Å². The predicted molar refractivity (Wildman–Crippen MR) is 94.7 cm³/mol. The lowest BCUT2D eigenvalue weighted by atomic mass is 10.2. The van der Waals surface area contributed by atoms with Gasteiger partial charge in [0.15, 0.2) is 0 Å². The molecule has 7 heteroatoms. The molecule has 5 nitrogen and oxygen atoms in total. The van der Waals surface area contributed by atoms with Gasteiger partial charge >= 0.3 is 6.01 Å². The first kappa shape index (κ1) is 17.2. The molecule has 0 spiro atoms. The third kappa shape index (κ3) is 5.15. The summed E-state index contributed by atoms with van der Waals surface area (Å²) in [6, 6.07) is 15.8. The number of amides is 1. The lowest BCUT2D eigenvalue weighted by molar-refractivity contribution is -0.116. The summed E-state index contributed by atoms with van der Waals surface area (Å²) >= 11 is 1.71. The highest BCUT2D eigenvalue weighted by atomic mass is 32.2. The summed E-state index contributed by atoms with van der Waals surface area (Å²) in [5.74, 6) is 0.560. The molecule has 0 bridgehead atoms. The molecule has 0 radical (unpaired) electrons. The average molecular weight is 357 g/mol. The van der Waals surface area contributed by atoms with Crippen molar-refractivity contribution in [2.75, 3.05) is 11.1 Å². The molecule has 2 aromatic carbocycles. The molecular weight excluding hydrogens is 341 g/mol. The number of hydrogen-bond acceptors (Lipinski definition) is 5. The SMILES string of the molecule is O=C(CCCSc1ccccc1)Nc1nnc(-c2ccc(F)cc2)o1. The Kier molecular flexibility index (Phi) is 5.79. The summed E-state index contributed by atoms with van der Waals surface area (Å²) in [5.41, 5.74) is 0.591. The monoisotopic (exact) mass is 357 g/mol. The number of rotatable bonds is 7. The van der Waals surface area contributed by atoms with Crippen molar-refractivity contribution in [1.29, 1.82) is 0 Å². The number of nitrogens with zero attached hydrogens (tertiary/aromatic N) is 2. The zero-order chi connectivity index (χ0) is 17.5. The van der Waals surface area contributed by atoms with Gasteiger partial charge < -0.3 is 4.42 Å². The summed E-state index contributed by atoms with van der Waals surface area (Å²) in [4.78, 5) is 13.1. The fourth-order valence-electron chi connectivity index (χ4n) is 2.10. The van der Waals surface area contributed by atoms with Gasteiger partial charge in [0.1, 0.15) is 5.82 Å². The number of halogens is 1. The molecule has 1 heterocycles. The molecule has 0 atom stereocenters. The lowest BCUT2D eigenvalue weighted by Crippen LogP contribution is -2.11. The van der Waals surface area contributed by atoms with E-state index in [0.717, 1.165) is 12.2 Å². The average Bonchev–Trinajstić information content (AvgIpc) is 3.09. The second-order valence-corrected chi connectivity index (χ2v) is 6.40. The number of thioether (sulfide) groups is 1. The minimum Gasteiger partial charge on any atom is -0.403 e. The first-order valence-electron chi connectivity index (χ1n) is 7.78. The van der Waals surface area contributed by atoms with Crippen LogP contribution < -0.4 is 5.32 Å². The summed E-state index contributed by atoms with van der Waals surface area (Å²) in [5, 5.41) is 10.2. The molecule has 0 aliphatic rings. The van der Waals surface area contributed by atoms with E-state index in [1.54, 1.807) is 11.8 Å². The Hall–Kier alpha value is -2.67. The van der Waals surface area contributed by atoms with E-state index >= 15 is 0 Å². The van der Waals surface area contributed by atoms with E-state index in [-0.39, 0.29) is 23.6 Å². The molecule has 25 heavy (non-hydrogen) atoms. The van der Waals surface area contributed by atoms with Crippen LogP contribution in [-0.4, -0.2) is 21.9 Å². The number of nitrogens with one attached hydrogen (secondary N) is 1. The maximum absolute atomic E-state index is 12.9. The first-order chi connectivity index (χ1) is 12.2. The van der Waals surface area contributed by atoms with Gasteiger partial charge in [-0.3, -0.25) is 10.1 Å². The van der Waals surface area contributed by atoms with Crippen molar-refractivity contribution in [1.82, 2.24) is 10.2 Å². The fraction of sp³-hybridized carbons (Fsp3) is 0.167. The summed E-state index contributed by atoms with van der Waals surface area (Å²) in [7, 11) is 0. The van der Waals surface area contributed by atoms with Crippen molar-refractivity contribution in [2.24, 2.45) is 0 Å². The molecule has 0 saturated carbocycles. The largest absolute Gasteiger partial charge is 0.403 e. The van der Waals surface area contributed by atoms with Gasteiger partial charge in [-0.05, 0) is 48.6 Å². The van der Waals surface area contributed by atoms with Crippen molar-refractivity contribution >= 4 is 23.7 Å². The minimum atomic E-state index is -0.342. The Labute approximate surface area is 148 Å². The van der Waals surface area contributed by atoms with Crippen LogP contribution in [0.1, 0.15) is 12.8 Å². The molecule has 0 aliphatic carbocycles. The van der Waals surface area contributed by atoms with Gasteiger partial charge in [-0.15, -0.1) is 16.9 Å². The van der Waals surface area contributed by atoms with Crippen LogP contribution in [0, 0.1) is 5.82 Å². The molecule has 0 aliphatic heterocycles. The Bertz CT molecular complexity index is 822. The maximum Gasteiger partial charge on any atom is 0.322 e. The van der Waals surface area contributed by atoms with E-state index in [1.807, 2.05) is 30.3 Å². The Morgan fingerprint density at radius 3 is 2.60 bits per heavy atom. The predicted octanol–water partition coefficient (Wildman–Crippen LogP) is 4.39. The smallest absolute Gasteiger partial charge is 0.322 e. The molecule has 1 aromatic heterocycles. The van der Waals surface area contributed by atoms with Crippen LogP contribution in [0.5, 0.6) is 0 Å². The number of anilines is 1. The second kappa shape index (κ2) is 8.43. The molecule has 1 N–H and O–H groups in total. The Balaban J connectivity index is 1.44. The Morgan fingerprint density at radius 2 is 1.84 bits per heavy atom. The van der Waals surface area contributed by atoms with Crippen LogP contribution in [0.2, 0.25) is 0 Å². The standard InChI is InChI=1S/C18H16FN3O2S/c19-14-10-8-13(9-11-14)17-21-22-18(24-17)20-16(23)7-4-12-25-15-5-2-1-3-6-15/h1-3,5-6,8-11H,4,7,12H2,(H,20,22,23). The molecule has 0 fully saturated rings. The van der Waals surface area contributed by atoms with E-state index in [9.17, 15) is 9.18 Å². The number of carbonyl (C=O) groups is 1. The van der Waals surface area contributed by atoms with Crippen molar-refractivity contribution in [3.8, 4) is 11.5 Å². The maximum atomic E-state index is 12.9. The number of aromatic nitrogens is 2. The van der Waals surface area contributed by atoms with E-state index in [0.29, 0.717) is 12.0 Å². The zero-order valence-corrected chi connectivity index (χ0v) is 14.1. The minimum absolute atomic E-state index is 0.0417. The topological polar surface area (TPSA) is 68.0 Å². The zero-order valence-electron chi connectivity index (χ0n) is 13.3. The van der Waals surface area contributed by atoms with Crippen LogP contribution in [0.15, 0.2) is 63.9 Å². The molecular formula is C18H16FN3O2S. The highest BCUT2D eigenvalue weighted by Crippen LogP contribution is 2.21. The van der Waals surface area contributed by atoms with Crippen LogP contribution in [0.4, 0.5) is 10.4 Å². The van der Waals surface area contributed by atoms with Crippen LogP contribution in [-0.2, 0) is 4.79 Å². The van der Waals surface area contributed by atoms with Gasteiger partial charge in [0.05, 0.1) is 0 Å². The van der Waals surface area contributed by atoms with Crippen LogP contribution in [0.25, 0.3) is 11.5 Å². The van der Waals surface area contributed by atoms with E-state index < -0.39 is 0 Å². The van der Waals surface area contributed by atoms with Gasteiger partial charge in [0.2, 0.25) is 11.8 Å². The normalized spacial score (nSPS) is 10.6. The van der Waals surface area contributed by atoms with E-state index in [4.69, 9.17) is 4.42 Å². The molecule has 1 amide bonds. The van der Waals surface area contributed by atoms with Gasteiger partial charge in [-0.25, -0.2) is 4.39 Å². The third-order valence-corrected chi connectivity index (χ3v) is 4.42. The highest BCUT2D eigenvalue weighted by molar-refractivity contribution is 7.99. The second-order valence-electron chi connectivity index (χ2n) is 5.23. The molecule has 0 saturated heterocycles. The molecule has 128 valence electrons. The summed E-state index contributed by atoms with van der Waals surface area (Å²) in [6.07, 6.45) is 1.11. The lowest BCUT2D eigenvalue weighted by Gasteiger charge is -2.02. The van der Waals surface area contributed by atoms with Crippen LogP contribution >= 0.6 is 11.8 Å². The number of hydrogen-bond donors (Lipinski definition) is 1. The number of benzene rings is 2. The third-order valence-electron chi connectivity index (χ3n) is 3.32. The summed E-state index contributed by atoms with van der Waals surface area (Å²) in [6.45, 7) is 0. The highest BCUT2D eigenvalue weighted by Gasteiger charge is 2.11. The van der Waals surface area contributed by atoms with Gasteiger partial charge in [-0.2, -0.15) is 0 Å². The van der Waals surface area contributed by atoms with Crippen molar-refractivity contribution in [3.63, 3.8) is 0 Å². The van der Waals surface area contributed by atoms with Gasteiger partial charge in [0, 0.05) is 16.9 Å². The Morgan fingerprint density at radius 1 is 1.08 bits per heavy atom. The number of carbonyl (C=O) groups excluding carboxylic acids is 1. The fourth-order valence-corrected chi connectivity index (χ4v) is 2.98. The van der Waals surface area contributed by atoms with E-state index in [2.05, 4.69) is 15.5 Å². The van der Waals surface area contributed by atoms with Gasteiger partial charge in [0.25, 0.3) is 0 Å². The van der Waals surface area contributed by atoms with Gasteiger partial charge in [-0.1, -0.05) is 23.3 Å². The first-order valence-corrected chi connectivity index (χ1v) is 8.76. The molecule has 3 aromatic rings. The van der Waals surface area contributed by atoms with E-state index in [1.165, 1.54) is 29.2 Å². The quantitative estimate of drug-likeness (QED) is 0.502. The van der Waals surface area contributed by atoms with Crippen molar-refractivity contribution < 1.29 is 13.6 Å². The summed E-state index contributed by atoms with van der Waals surface area (Å²) < 4.78 is 18.3. The molecule has 0 unspecified atom stereocenters. The van der Waals surface area contributed by atoms with Crippen molar-refractivity contribution in [3.05, 3.63) is 60.4 Å². The van der Waals surface area contributed by atoms with Crippen molar-refractivity contribution in [2.45, 2.75) is 17.7 Å². The molecule has 3 rings (SSSR count).